The maximum Gasteiger partial charge on any atom is 0.317 e. The Balaban J connectivity index is 2.54. The third-order valence-electron chi connectivity index (χ3n) is 2.14. The standard InChI is InChI=1S/C10H17N3O4/c1-3-8-11-12-9(17-8)6-13(4-5-16-2)7-10(14)15/h3-7H2,1-2H3,(H,14,15). The number of hydrogen-bond acceptors (Lipinski definition) is 6. The molecular weight excluding hydrogens is 226 g/mol. The first-order valence-electron chi connectivity index (χ1n) is 5.40. The minimum atomic E-state index is -0.892. The van der Waals surface area contributed by atoms with E-state index in [-0.39, 0.29) is 6.54 Å². The molecule has 0 aliphatic rings. The first kappa shape index (κ1) is 13.6. The highest BCUT2D eigenvalue weighted by atomic mass is 16.5. The Hall–Kier alpha value is -1.47. The van der Waals surface area contributed by atoms with Crippen molar-refractivity contribution in [2.75, 3.05) is 26.8 Å². The summed E-state index contributed by atoms with van der Waals surface area (Å²) in [7, 11) is 1.57. The lowest BCUT2D eigenvalue weighted by atomic mass is 10.4. The van der Waals surface area contributed by atoms with Crippen LogP contribution in [0.15, 0.2) is 4.42 Å². The van der Waals surface area contributed by atoms with Crippen molar-refractivity contribution in [1.82, 2.24) is 15.1 Å². The topological polar surface area (TPSA) is 88.7 Å². The van der Waals surface area contributed by atoms with Gasteiger partial charge in [0, 0.05) is 20.1 Å². The zero-order valence-electron chi connectivity index (χ0n) is 10.0. The van der Waals surface area contributed by atoms with Gasteiger partial charge in [-0.25, -0.2) is 0 Å². The molecule has 1 aromatic heterocycles. The average molecular weight is 243 g/mol. The summed E-state index contributed by atoms with van der Waals surface area (Å²) in [4.78, 5) is 12.4. The monoisotopic (exact) mass is 243 g/mol. The van der Waals surface area contributed by atoms with Crippen LogP contribution in [0.2, 0.25) is 0 Å². The molecule has 0 spiro atoms. The Labute approximate surface area is 99.4 Å². The normalized spacial score (nSPS) is 11.0. The van der Waals surface area contributed by atoms with Gasteiger partial charge < -0.3 is 14.3 Å². The molecule has 0 bridgehead atoms. The summed E-state index contributed by atoms with van der Waals surface area (Å²) in [6, 6.07) is 0. The fraction of sp³-hybridized carbons (Fsp3) is 0.700. The fourth-order valence-corrected chi connectivity index (χ4v) is 1.31. The van der Waals surface area contributed by atoms with Crippen molar-refractivity contribution in [3.8, 4) is 0 Å². The summed E-state index contributed by atoms with van der Waals surface area (Å²) in [5, 5.41) is 16.4. The zero-order valence-corrected chi connectivity index (χ0v) is 10.0. The molecule has 1 heterocycles. The number of rotatable bonds is 8. The van der Waals surface area contributed by atoms with Gasteiger partial charge in [0.2, 0.25) is 11.8 Å². The van der Waals surface area contributed by atoms with Gasteiger partial charge in [-0.2, -0.15) is 0 Å². The second-order valence-corrected chi connectivity index (χ2v) is 3.54. The quantitative estimate of drug-likeness (QED) is 0.695. The van der Waals surface area contributed by atoms with Crippen LogP contribution >= 0.6 is 0 Å². The molecular formula is C10H17N3O4. The Morgan fingerprint density at radius 1 is 1.47 bits per heavy atom. The first-order valence-corrected chi connectivity index (χ1v) is 5.40. The molecule has 0 atom stereocenters. The van der Waals surface area contributed by atoms with Gasteiger partial charge in [0.1, 0.15) is 0 Å². The largest absolute Gasteiger partial charge is 0.480 e. The Bertz CT molecular complexity index is 353. The molecule has 1 rings (SSSR count). The van der Waals surface area contributed by atoms with Gasteiger partial charge in [-0.3, -0.25) is 9.69 Å². The Morgan fingerprint density at radius 2 is 2.18 bits per heavy atom. The molecule has 17 heavy (non-hydrogen) atoms. The molecule has 0 radical (unpaired) electrons. The van der Waals surface area contributed by atoms with Gasteiger partial charge in [0.05, 0.1) is 19.7 Å². The van der Waals surface area contributed by atoms with Gasteiger partial charge in [-0.1, -0.05) is 6.92 Å². The van der Waals surface area contributed by atoms with Gasteiger partial charge in [-0.15, -0.1) is 10.2 Å². The second-order valence-electron chi connectivity index (χ2n) is 3.54. The fourth-order valence-electron chi connectivity index (χ4n) is 1.31. The van der Waals surface area contributed by atoms with Gasteiger partial charge >= 0.3 is 5.97 Å². The van der Waals surface area contributed by atoms with E-state index < -0.39 is 5.97 Å². The van der Waals surface area contributed by atoms with Crippen molar-refractivity contribution < 1.29 is 19.1 Å². The van der Waals surface area contributed by atoms with Crippen molar-refractivity contribution in [3.63, 3.8) is 0 Å². The highest BCUT2D eigenvalue weighted by Gasteiger charge is 2.13. The van der Waals surface area contributed by atoms with Crippen LogP contribution in [0.1, 0.15) is 18.7 Å². The van der Waals surface area contributed by atoms with Crippen LogP contribution in [0.25, 0.3) is 0 Å². The average Bonchev–Trinajstić information content (AvgIpc) is 2.73. The van der Waals surface area contributed by atoms with Crippen LogP contribution in [0.4, 0.5) is 0 Å². The van der Waals surface area contributed by atoms with Crippen molar-refractivity contribution >= 4 is 5.97 Å². The molecule has 0 aliphatic carbocycles. The van der Waals surface area contributed by atoms with E-state index >= 15 is 0 Å². The van der Waals surface area contributed by atoms with Crippen LogP contribution in [0, 0.1) is 0 Å². The highest BCUT2D eigenvalue weighted by molar-refractivity contribution is 5.69. The number of methoxy groups -OCH3 is 1. The molecule has 0 unspecified atom stereocenters. The molecule has 0 aliphatic heterocycles. The molecule has 0 amide bonds. The number of ether oxygens (including phenoxy) is 1. The van der Waals surface area contributed by atoms with E-state index in [1.54, 1.807) is 12.0 Å². The summed E-state index contributed by atoms with van der Waals surface area (Å²) >= 11 is 0. The summed E-state index contributed by atoms with van der Waals surface area (Å²) in [5.41, 5.74) is 0. The Morgan fingerprint density at radius 3 is 2.71 bits per heavy atom. The zero-order chi connectivity index (χ0) is 12.7. The van der Waals surface area contributed by atoms with Crippen LogP contribution in [-0.2, 0) is 22.5 Å². The lowest BCUT2D eigenvalue weighted by Gasteiger charge is -2.17. The van der Waals surface area contributed by atoms with Crippen molar-refractivity contribution in [2.24, 2.45) is 0 Å². The van der Waals surface area contributed by atoms with E-state index in [0.717, 1.165) is 0 Å². The number of aryl methyl sites for hydroxylation is 1. The van der Waals surface area contributed by atoms with E-state index in [2.05, 4.69) is 10.2 Å². The van der Waals surface area contributed by atoms with E-state index in [4.69, 9.17) is 14.3 Å². The molecule has 7 heteroatoms. The number of carbonyl (C=O) groups is 1. The predicted octanol–water partition coefficient (Wildman–Crippen LogP) is 0.165. The lowest BCUT2D eigenvalue weighted by molar-refractivity contribution is -0.138. The summed E-state index contributed by atoms with van der Waals surface area (Å²) in [5.74, 6) is 0.0950. The molecule has 7 nitrogen and oxygen atoms in total. The molecule has 0 fully saturated rings. The number of carboxylic acids is 1. The van der Waals surface area contributed by atoms with Crippen LogP contribution in [0.3, 0.4) is 0 Å². The number of aromatic nitrogens is 2. The third kappa shape index (κ3) is 4.92. The maximum absolute atomic E-state index is 10.7. The Kier molecular flexibility index (Phi) is 5.58. The van der Waals surface area contributed by atoms with E-state index in [1.807, 2.05) is 6.92 Å². The van der Waals surface area contributed by atoms with Crippen LogP contribution in [0.5, 0.6) is 0 Å². The van der Waals surface area contributed by atoms with Gasteiger partial charge in [0.25, 0.3) is 0 Å². The second kappa shape index (κ2) is 6.97. The number of nitrogens with zero attached hydrogens (tertiary/aromatic N) is 3. The molecule has 0 aromatic carbocycles. The lowest BCUT2D eigenvalue weighted by Crippen LogP contribution is -2.32. The minimum Gasteiger partial charge on any atom is -0.480 e. The molecule has 0 saturated heterocycles. The molecule has 96 valence electrons. The van der Waals surface area contributed by atoms with Crippen molar-refractivity contribution in [3.05, 3.63) is 11.8 Å². The third-order valence-corrected chi connectivity index (χ3v) is 2.14. The minimum absolute atomic E-state index is 0.0762. The van der Waals surface area contributed by atoms with Crippen LogP contribution in [-0.4, -0.2) is 53.0 Å². The maximum atomic E-state index is 10.7. The summed E-state index contributed by atoms with van der Waals surface area (Å²) < 4.78 is 10.2. The van der Waals surface area contributed by atoms with E-state index in [0.29, 0.717) is 37.9 Å². The summed E-state index contributed by atoms with van der Waals surface area (Å²) in [6.07, 6.45) is 0.671. The highest BCUT2D eigenvalue weighted by Crippen LogP contribution is 2.04. The molecule has 1 aromatic rings. The van der Waals surface area contributed by atoms with Gasteiger partial charge in [-0.05, 0) is 0 Å². The van der Waals surface area contributed by atoms with Crippen molar-refractivity contribution in [1.29, 1.82) is 0 Å². The van der Waals surface area contributed by atoms with Crippen LogP contribution < -0.4 is 0 Å². The first-order chi connectivity index (χ1) is 8.15. The van der Waals surface area contributed by atoms with Gasteiger partial charge in [0.15, 0.2) is 0 Å². The predicted molar refractivity (Wildman–Crippen MR) is 58.5 cm³/mol. The number of hydrogen-bond donors (Lipinski definition) is 1. The molecule has 1 N–H and O–H groups in total. The van der Waals surface area contributed by atoms with E-state index in [9.17, 15) is 4.79 Å². The number of carboxylic acid groups (broad SMARTS) is 1. The van der Waals surface area contributed by atoms with Crippen molar-refractivity contribution in [2.45, 2.75) is 19.9 Å². The molecule has 0 saturated carbocycles. The number of aliphatic carboxylic acids is 1. The van der Waals surface area contributed by atoms with E-state index in [1.165, 1.54) is 0 Å². The summed E-state index contributed by atoms with van der Waals surface area (Å²) in [6.45, 7) is 3.13. The SMILES string of the molecule is CCc1nnc(CN(CCOC)CC(=O)O)o1. The smallest absolute Gasteiger partial charge is 0.317 e.